The van der Waals surface area contributed by atoms with Gasteiger partial charge in [-0.1, -0.05) is 42.8 Å². The van der Waals surface area contributed by atoms with Gasteiger partial charge >= 0.3 is 0 Å². The monoisotopic (exact) mass is 161 g/mol. The molecule has 0 radical (unpaired) electrons. The molecule has 0 aliphatic rings. The smallest absolute Gasteiger partial charge is 0.0621 e. The van der Waals surface area contributed by atoms with Gasteiger partial charge in [-0.05, 0) is 13.3 Å². The Labute approximate surface area is 74.7 Å². The van der Waals surface area contributed by atoms with Crippen molar-refractivity contribution in [1.29, 1.82) is 5.26 Å². The summed E-state index contributed by atoms with van der Waals surface area (Å²) in [5, 5.41) is 7.82. The molecule has 64 valence electrons. The summed E-state index contributed by atoms with van der Waals surface area (Å²) in [6.07, 6.45) is 1.68. The summed E-state index contributed by atoms with van der Waals surface area (Å²) in [5.74, 6) is 0. The summed E-state index contributed by atoms with van der Waals surface area (Å²) in [6.45, 7) is 4.07. The Balaban J connectivity index is 0.000000217. The first kappa shape index (κ1) is 10.7. The highest BCUT2D eigenvalue weighted by Crippen LogP contribution is 1.92. The molecule has 1 heteroatoms. The summed E-state index contributed by atoms with van der Waals surface area (Å²) in [5.41, 5.74) is 1.32. The summed E-state index contributed by atoms with van der Waals surface area (Å²) >= 11 is 0. The van der Waals surface area contributed by atoms with Gasteiger partial charge in [-0.3, -0.25) is 0 Å². The highest BCUT2D eigenvalue weighted by Gasteiger charge is 1.72. The molecular weight excluding hydrogens is 146 g/mol. The predicted octanol–water partition coefficient (Wildman–Crippen LogP) is 3.31. The Morgan fingerprint density at radius 2 is 1.83 bits per heavy atom. The van der Waals surface area contributed by atoms with E-state index in [1.165, 1.54) is 5.56 Å². The molecule has 1 aromatic rings. The molecule has 0 unspecified atom stereocenters. The zero-order valence-corrected chi connectivity index (χ0v) is 7.75. The first-order valence-electron chi connectivity index (χ1n) is 4.19. The Kier molecular flexibility index (Phi) is 6.97. The number of hydrogen-bond donors (Lipinski definition) is 0. The first-order chi connectivity index (χ1) is 5.81. The van der Waals surface area contributed by atoms with Crippen molar-refractivity contribution in [2.45, 2.75) is 26.7 Å². The highest BCUT2D eigenvalue weighted by molar-refractivity contribution is 5.11. The molecule has 0 fully saturated rings. The van der Waals surface area contributed by atoms with Crippen molar-refractivity contribution in [1.82, 2.24) is 0 Å². The summed E-state index contributed by atoms with van der Waals surface area (Å²) in [7, 11) is 0. The molecule has 12 heavy (non-hydrogen) atoms. The predicted molar refractivity (Wildman–Crippen MR) is 51.7 cm³/mol. The third-order valence-corrected chi connectivity index (χ3v) is 1.30. The van der Waals surface area contributed by atoms with Crippen LogP contribution >= 0.6 is 0 Å². The molecule has 0 N–H and O–H groups in total. The molecule has 0 aliphatic heterocycles. The van der Waals surface area contributed by atoms with E-state index >= 15 is 0 Å². The van der Waals surface area contributed by atoms with Crippen LogP contribution in [0.2, 0.25) is 0 Å². The van der Waals surface area contributed by atoms with E-state index < -0.39 is 0 Å². The minimum Gasteiger partial charge on any atom is -0.198 e. The van der Waals surface area contributed by atoms with Crippen LogP contribution in [0.1, 0.15) is 25.3 Å². The first-order valence-corrected chi connectivity index (χ1v) is 4.19. The van der Waals surface area contributed by atoms with Crippen molar-refractivity contribution in [2.24, 2.45) is 0 Å². The Bertz CT molecular complexity index is 221. The molecule has 0 bridgehead atoms. The normalized spacial score (nSPS) is 7.75. The Morgan fingerprint density at radius 1 is 1.25 bits per heavy atom. The van der Waals surface area contributed by atoms with Gasteiger partial charge in [0, 0.05) is 6.42 Å². The van der Waals surface area contributed by atoms with Crippen LogP contribution in [0, 0.1) is 18.3 Å². The Hall–Kier alpha value is -1.29. The number of unbranched alkanes of at least 4 members (excludes halogenated alkanes) is 1. The van der Waals surface area contributed by atoms with Crippen LogP contribution in [0.25, 0.3) is 0 Å². The number of nitriles is 1. The third kappa shape index (κ3) is 6.82. The SMILES string of the molecule is CCCC#N.Cc1ccccc1. The van der Waals surface area contributed by atoms with Gasteiger partial charge < -0.3 is 0 Å². The van der Waals surface area contributed by atoms with Gasteiger partial charge in [0.25, 0.3) is 0 Å². The second kappa shape index (κ2) is 7.81. The summed E-state index contributed by atoms with van der Waals surface area (Å²) in [6, 6.07) is 12.3. The standard InChI is InChI=1S/C7H8.C4H7N/c1-7-5-3-2-4-6-7;1-2-3-4-5/h2-6H,1H3;2-3H2,1H3. The molecule has 0 spiro atoms. The van der Waals surface area contributed by atoms with Gasteiger partial charge in [0.15, 0.2) is 0 Å². The van der Waals surface area contributed by atoms with Gasteiger partial charge in [0.2, 0.25) is 0 Å². The van der Waals surface area contributed by atoms with Gasteiger partial charge in [-0.15, -0.1) is 0 Å². The zero-order chi connectivity index (χ0) is 9.23. The molecule has 0 aliphatic carbocycles. The third-order valence-electron chi connectivity index (χ3n) is 1.30. The molecule has 1 nitrogen and oxygen atoms in total. The summed E-state index contributed by atoms with van der Waals surface area (Å²) in [4.78, 5) is 0. The molecular formula is C11H15N. The van der Waals surface area contributed by atoms with Crippen LogP contribution in [0.4, 0.5) is 0 Å². The molecule has 0 aromatic heterocycles. The maximum Gasteiger partial charge on any atom is 0.0621 e. The van der Waals surface area contributed by atoms with Crippen LogP contribution in [0.3, 0.4) is 0 Å². The summed E-state index contributed by atoms with van der Waals surface area (Å²) < 4.78 is 0. The van der Waals surface area contributed by atoms with Gasteiger partial charge in [-0.25, -0.2) is 0 Å². The van der Waals surface area contributed by atoms with E-state index in [9.17, 15) is 0 Å². The highest BCUT2D eigenvalue weighted by atomic mass is 14.2. The van der Waals surface area contributed by atoms with Crippen LogP contribution in [0.15, 0.2) is 30.3 Å². The van der Waals surface area contributed by atoms with Gasteiger partial charge in [0.05, 0.1) is 6.07 Å². The second-order valence-electron chi connectivity index (χ2n) is 2.56. The van der Waals surface area contributed by atoms with Crippen molar-refractivity contribution in [3.8, 4) is 6.07 Å². The largest absolute Gasteiger partial charge is 0.198 e. The molecule has 0 saturated heterocycles. The lowest BCUT2D eigenvalue weighted by Gasteiger charge is -1.82. The zero-order valence-electron chi connectivity index (χ0n) is 7.75. The quantitative estimate of drug-likeness (QED) is 0.620. The average Bonchev–Trinajstić information content (AvgIpc) is 2.08. The molecule has 0 amide bonds. The minimum atomic E-state index is 0.694. The van der Waals surface area contributed by atoms with E-state index in [1.807, 2.05) is 31.2 Å². The molecule has 1 aromatic carbocycles. The molecule has 0 heterocycles. The van der Waals surface area contributed by atoms with E-state index in [-0.39, 0.29) is 0 Å². The lowest BCUT2D eigenvalue weighted by Crippen LogP contribution is -1.62. The van der Waals surface area contributed by atoms with Crippen molar-refractivity contribution in [3.05, 3.63) is 35.9 Å². The molecule has 1 rings (SSSR count). The van der Waals surface area contributed by atoms with E-state index in [4.69, 9.17) is 5.26 Å². The molecule has 0 atom stereocenters. The number of hydrogen-bond acceptors (Lipinski definition) is 1. The number of rotatable bonds is 1. The number of benzene rings is 1. The maximum atomic E-state index is 7.82. The fourth-order valence-electron chi connectivity index (χ4n) is 0.646. The van der Waals surface area contributed by atoms with Crippen molar-refractivity contribution < 1.29 is 0 Å². The van der Waals surface area contributed by atoms with Crippen molar-refractivity contribution in [2.75, 3.05) is 0 Å². The van der Waals surface area contributed by atoms with E-state index in [1.54, 1.807) is 0 Å². The average molecular weight is 161 g/mol. The number of nitrogens with zero attached hydrogens (tertiary/aromatic N) is 1. The minimum absolute atomic E-state index is 0.694. The Morgan fingerprint density at radius 3 is 2.00 bits per heavy atom. The van der Waals surface area contributed by atoms with Crippen LogP contribution in [-0.2, 0) is 0 Å². The fourth-order valence-corrected chi connectivity index (χ4v) is 0.646. The maximum absolute atomic E-state index is 7.82. The topological polar surface area (TPSA) is 23.8 Å². The van der Waals surface area contributed by atoms with Gasteiger partial charge in [0.1, 0.15) is 0 Å². The van der Waals surface area contributed by atoms with Crippen LogP contribution in [0.5, 0.6) is 0 Å². The second-order valence-corrected chi connectivity index (χ2v) is 2.56. The van der Waals surface area contributed by atoms with Crippen molar-refractivity contribution >= 4 is 0 Å². The lowest BCUT2D eigenvalue weighted by molar-refractivity contribution is 0.969. The van der Waals surface area contributed by atoms with Crippen LogP contribution < -0.4 is 0 Å². The fraction of sp³-hybridized carbons (Fsp3) is 0.364. The lowest BCUT2D eigenvalue weighted by atomic mass is 10.2. The van der Waals surface area contributed by atoms with E-state index in [2.05, 4.69) is 19.1 Å². The van der Waals surface area contributed by atoms with Crippen LogP contribution in [-0.4, -0.2) is 0 Å². The molecule has 0 saturated carbocycles. The van der Waals surface area contributed by atoms with Gasteiger partial charge in [-0.2, -0.15) is 5.26 Å². The van der Waals surface area contributed by atoms with E-state index in [0.29, 0.717) is 6.42 Å². The number of aryl methyl sites for hydroxylation is 1. The van der Waals surface area contributed by atoms with E-state index in [0.717, 1.165) is 6.42 Å². The van der Waals surface area contributed by atoms with Crippen molar-refractivity contribution in [3.63, 3.8) is 0 Å².